The molecule has 100 valence electrons. The molecule has 1 aromatic carbocycles. The maximum absolute atomic E-state index is 3.62. The van der Waals surface area contributed by atoms with Crippen molar-refractivity contribution in [2.75, 3.05) is 23.8 Å². The average molecular weight is 281 g/mol. The van der Waals surface area contributed by atoms with E-state index in [1.165, 1.54) is 39.5 Å². The third-order valence-electron chi connectivity index (χ3n) is 3.52. The SMILES string of the molecule is Cc1cc(C)c(CNCC2CSCCS2)cc1C. The minimum Gasteiger partial charge on any atom is -0.312 e. The largest absolute Gasteiger partial charge is 0.312 e. The van der Waals surface area contributed by atoms with Crippen LogP contribution < -0.4 is 5.32 Å². The Morgan fingerprint density at radius 2 is 1.89 bits per heavy atom. The molecule has 0 radical (unpaired) electrons. The number of hydrogen-bond acceptors (Lipinski definition) is 3. The fourth-order valence-electron chi connectivity index (χ4n) is 2.23. The number of hydrogen-bond donors (Lipinski definition) is 1. The predicted molar refractivity (Wildman–Crippen MR) is 85.9 cm³/mol. The Morgan fingerprint density at radius 1 is 1.11 bits per heavy atom. The summed E-state index contributed by atoms with van der Waals surface area (Å²) in [5.41, 5.74) is 5.67. The maximum atomic E-state index is 3.62. The fraction of sp³-hybridized carbons (Fsp3) is 0.600. The van der Waals surface area contributed by atoms with Gasteiger partial charge in [0.25, 0.3) is 0 Å². The second-order valence-electron chi connectivity index (χ2n) is 5.06. The van der Waals surface area contributed by atoms with E-state index < -0.39 is 0 Å². The Bertz CT molecular complexity index is 398. The summed E-state index contributed by atoms with van der Waals surface area (Å²) < 4.78 is 0. The molecule has 1 nitrogen and oxygen atoms in total. The molecule has 1 fully saturated rings. The van der Waals surface area contributed by atoms with Crippen LogP contribution in [-0.2, 0) is 6.54 Å². The summed E-state index contributed by atoms with van der Waals surface area (Å²) in [5.74, 6) is 3.96. The van der Waals surface area contributed by atoms with Crippen molar-refractivity contribution >= 4 is 23.5 Å². The van der Waals surface area contributed by atoms with Crippen LogP contribution in [0, 0.1) is 20.8 Å². The highest BCUT2D eigenvalue weighted by atomic mass is 32.2. The Morgan fingerprint density at radius 3 is 2.61 bits per heavy atom. The summed E-state index contributed by atoms with van der Waals surface area (Å²) in [4.78, 5) is 0. The van der Waals surface area contributed by atoms with Gasteiger partial charge in [-0.1, -0.05) is 12.1 Å². The Labute approximate surface area is 120 Å². The van der Waals surface area contributed by atoms with Crippen molar-refractivity contribution in [3.63, 3.8) is 0 Å². The van der Waals surface area contributed by atoms with E-state index >= 15 is 0 Å². The van der Waals surface area contributed by atoms with Crippen LogP contribution >= 0.6 is 23.5 Å². The molecule has 1 aliphatic rings. The molecule has 1 heterocycles. The second kappa shape index (κ2) is 6.88. The highest BCUT2D eigenvalue weighted by molar-refractivity contribution is 8.06. The fourth-order valence-corrected chi connectivity index (χ4v) is 4.88. The van der Waals surface area contributed by atoms with Gasteiger partial charge in [-0.2, -0.15) is 23.5 Å². The zero-order valence-corrected chi connectivity index (χ0v) is 13.2. The molecule has 0 saturated carbocycles. The zero-order chi connectivity index (χ0) is 13.0. The average Bonchev–Trinajstić information content (AvgIpc) is 2.37. The third-order valence-corrected chi connectivity index (χ3v) is 6.37. The zero-order valence-electron chi connectivity index (χ0n) is 11.6. The van der Waals surface area contributed by atoms with Gasteiger partial charge >= 0.3 is 0 Å². The van der Waals surface area contributed by atoms with Gasteiger partial charge in [0.2, 0.25) is 0 Å². The molecule has 1 aliphatic heterocycles. The topological polar surface area (TPSA) is 12.0 Å². The molecular weight excluding hydrogens is 258 g/mol. The lowest BCUT2D eigenvalue weighted by atomic mass is 10.0. The summed E-state index contributed by atoms with van der Waals surface area (Å²) in [6, 6.07) is 4.64. The lowest BCUT2D eigenvalue weighted by molar-refractivity contribution is 0.683. The van der Waals surface area contributed by atoms with E-state index in [0.29, 0.717) is 0 Å². The molecule has 0 aromatic heterocycles. The molecular formula is C15H23NS2. The van der Waals surface area contributed by atoms with E-state index in [1.54, 1.807) is 0 Å². The van der Waals surface area contributed by atoms with Crippen molar-refractivity contribution in [1.29, 1.82) is 0 Å². The number of benzene rings is 1. The quantitative estimate of drug-likeness (QED) is 0.906. The summed E-state index contributed by atoms with van der Waals surface area (Å²) >= 11 is 4.22. The first kappa shape index (κ1) is 14.3. The van der Waals surface area contributed by atoms with Gasteiger partial charge in [0.15, 0.2) is 0 Å². The molecule has 0 amide bonds. The van der Waals surface area contributed by atoms with Crippen LogP contribution in [0.5, 0.6) is 0 Å². The van der Waals surface area contributed by atoms with Crippen molar-refractivity contribution < 1.29 is 0 Å². The van der Waals surface area contributed by atoms with Crippen molar-refractivity contribution in [3.05, 3.63) is 34.4 Å². The standard InChI is InChI=1S/C15H23NS2/c1-11-6-13(3)14(7-12(11)2)8-16-9-15-10-17-4-5-18-15/h6-7,15-16H,4-5,8-10H2,1-3H3. The van der Waals surface area contributed by atoms with Gasteiger partial charge < -0.3 is 5.32 Å². The van der Waals surface area contributed by atoms with Crippen molar-refractivity contribution in [3.8, 4) is 0 Å². The van der Waals surface area contributed by atoms with Crippen molar-refractivity contribution in [2.45, 2.75) is 32.6 Å². The minimum atomic E-state index is 0.801. The Kier molecular flexibility index (Phi) is 5.46. The highest BCUT2D eigenvalue weighted by Crippen LogP contribution is 2.23. The van der Waals surface area contributed by atoms with Crippen LogP contribution in [0.15, 0.2) is 12.1 Å². The monoisotopic (exact) mass is 281 g/mol. The second-order valence-corrected chi connectivity index (χ2v) is 7.62. The molecule has 0 bridgehead atoms. The normalized spacial score (nSPS) is 20.1. The van der Waals surface area contributed by atoms with E-state index in [1.807, 2.05) is 0 Å². The van der Waals surface area contributed by atoms with Gasteiger partial charge in [0.05, 0.1) is 0 Å². The molecule has 1 saturated heterocycles. The van der Waals surface area contributed by atoms with E-state index in [4.69, 9.17) is 0 Å². The van der Waals surface area contributed by atoms with Crippen LogP contribution in [0.25, 0.3) is 0 Å². The third kappa shape index (κ3) is 3.94. The molecule has 1 unspecified atom stereocenters. The summed E-state index contributed by atoms with van der Waals surface area (Å²) in [6.07, 6.45) is 0. The van der Waals surface area contributed by atoms with Gasteiger partial charge in [-0.15, -0.1) is 0 Å². The van der Waals surface area contributed by atoms with Crippen molar-refractivity contribution in [2.24, 2.45) is 0 Å². The molecule has 18 heavy (non-hydrogen) atoms. The maximum Gasteiger partial charge on any atom is 0.0263 e. The molecule has 1 atom stereocenters. The van der Waals surface area contributed by atoms with E-state index in [-0.39, 0.29) is 0 Å². The van der Waals surface area contributed by atoms with Crippen molar-refractivity contribution in [1.82, 2.24) is 5.32 Å². The van der Waals surface area contributed by atoms with Gasteiger partial charge in [0, 0.05) is 35.6 Å². The lowest BCUT2D eigenvalue weighted by Crippen LogP contribution is -2.28. The molecule has 1 aromatic rings. The van der Waals surface area contributed by atoms with Crippen LogP contribution in [0.1, 0.15) is 22.3 Å². The first-order valence-corrected chi connectivity index (χ1v) is 8.84. The number of nitrogens with one attached hydrogen (secondary N) is 1. The van der Waals surface area contributed by atoms with Gasteiger partial charge in [-0.3, -0.25) is 0 Å². The predicted octanol–water partition coefficient (Wildman–Crippen LogP) is 3.55. The molecule has 0 aliphatic carbocycles. The van der Waals surface area contributed by atoms with E-state index in [9.17, 15) is 0 Å². The van der Waals surface area contributed by atoms with Gasteiger partial charge in [-0.25, -0.2) is 0 Å². The minimum absolute atomic E-state index is 0.801. The van der Waals surface area contributed by atoms with E-state index in [2.05, 4.69) is 61.7 Å². The molecule has 0 spiro atoms. The van der Waals surface area contributed by atoms with Crippen LogP contribution in [0.4, 0.5) is 0 Å². The van der Waals surface area contributed by atoms with Gasteiger partial charge in [0.1, 0.15) is 0 Å². The summed E-state index contributed by atoms with van der Waals surface area (Å²) in [5, 5.41) is 4.43. The number of rotatable bonds is 4. The molecule has 2 rings (SSSR count). The lowest BCUT2D eigenvalue weighted by Gasteiger charge is -2.21. The first-order valence-electron chi connectivity index (χ1n) is 6.63. The Balaban J connectivity index is 1.84. The van der Waals surface area contributed by atoms with Gasteiger partial charge in [-0.05, 0) is 43.0 Å². The summed E-state index contributed by atoms with van der Waals surface area (Å²) in [6.45, 7) is 8.76. The van der Waals surface area contributed by atoms with Crippen LogP contribution in [-0.4, -0.2) is 29.1 Å². The Hall–Kier alpha value is -0.120. The first-order chi connectivity index (χ1) is 8.66. The molecule has 1 N–H and O–H groups in total. The number of thioether (sulfide) groups is 2. The smallest absolute Gasteiger partial charge is 0.0263 e. The summed E-state index contributed by atoms with van der Waals surface area (Å²) in [7, 11) is 0. The van der Waals surface area contributed by atoms with Crippen LogP contribution in [0.3, 0.4) is 0 Å². The highest BCUT2D eigenvalue weighted by Gasteiger charge is 2.13. The van der Waals surface area contributed by atoms with E-state index in [0.717, 1.165) is 18.3 Å². The molecule has 3 heteroatoms. The van der Waals surface area contributed by atoms with Crippen LogP contribution in [0.2, 0.25) is 0 Å². The number of aryl methyl sites for hydroxylation is 3.